The summed E-state index contributed by atoms with van der Waals surface area (Å²) in [5.74, 6) is -0.323. The summed E-state index contributed by atoms with van der Waals surface area (Å²) in [6.07, 6.45) is 2.26. The number of nitrogens with zero attached hydrogens (tertiary/aromatic N) is 1. The van der Waals surface area contributed by atoms with Crippen LogP contribution in [0.5, 0.6) is 17.2 Å². The van der Waals surface area contributed by atoms with Crippen LogP contribution in [-0.2, 0) is 0 Å². The first-order valence-corrected chi connectivity index (χ1v) is 12.0. The predicted octanol–water partition coefficient (Wildman–Crippen LogP) is 6.08. The van der Waals surface area contributed by atoms with Crippen molar-refractivity contribution in [2.45, 2.75) is 13.3 Å². The monoisotopic (exact) mass is 546 g/mol. The molecule has 0 aliphatic carbocycles. The lowest BCUT2D eigenvalue weighted by atomic mass is 10.1. The van der Waals surface area contributed by atoms with Gasteiger partial charge < -0.3 is 14.6 Å². The fourth-order valence-electron chi connectivity index (χ4n) is 3.41. The maximum Gasteiger partial charge on any atom is 0.343 e. The molecule has 0 spiro atoms. The Bertz CT molecular complexity index is 1430. The van der Waals surface area contributed by atoms with E-state index >= 15 is 0 Å². The Balaban J connectivity index is 1.47. The van der Waals surface area contributed by atoms with E-state index in [-0.39, 0.29) is 17.1 Å². The largest absolute Gasteiger partial charge is 0.507 e. The molecule has 4 rings (SSSR count). The maximum atomic E-state index is 12.7. The Hall–Kier alpha value is -4.17. The normalized spacial score (nSPS) is 10.9. The van der Waals surface area contributed by atoms with Crippen molar-refractivity contribution in [1.29, 1.82) is 0 Å². The molecule has 36 heavy (non-hydrogen) atoms. The number of nitrogens with one attached hydrogen (secondary N) is 1. The van der Waals surface area contributed by atoms with Crippen LogP contribution in [0.1, 0.15) is 39.6 Å². The number of carbonyl (C=O) groups excluding carboxylic acids is 2. The molecule has 0 aliphatic rings. The van der Waals surface area contributed by atoms with Gasteiger partial charge in [0.2, 0.25) is 0 Å². The Morgan fingerprint density at radius 1 is 1.00 bits per heavy atom. The van der Waals surface area contributed by atoms with E-state index in [0.29, 0.717) is 23.5 Å². The number of amides is 1. The van der Waals surface area contributed by atoms with Gasteiger partial charge in [0.1, 0.15) is 17.2 Å². The quantitative estimate of drug-likeness (QED) is 0.121. The Labute approximate surface area is 216 Å². The van der Waals surface area contributed by atoms with Crippen molar-refractivity contribution in [2.24, 2.45) is 5.10 Å². The summed E-state index contributed by atoms with van der Waals surface area (Å²) >= 11 is 3.39. The lowest BCUT2D eigenvalue weighted by molar-refractivity contribution is 0.0734. The second-order valence-corrected chi connectivity index (χ2v) is 8.78. The van der Waals surface area contributed by atoms with Crippen molar-refractivity contribution in [3.63, 3.8) is 0 Å². The number of carbonyl (C=O) groups is 2. The second-order valence-electron chi connectivity index (χ2n) is 7.86. The van der Waals surface area contributed by atoms with Crippen LogP contribution in [0.4, 0.5) is 0 Å². The van der Waals surface area contributed by atoms with Crippen molar-refractivity contribution in [1.82, 2.24) is 5.43 Å². The van der Waals surface area contributed by atoms with Gasteiger partial charge in [-0.15, -0.1) is 0 Å². The van der Waals surface area contributed by atoms with Crippen molar-refractivity contribution < 1.29 is 24.2 Å². The summed E-state index contributed by atoms with van der Waals surface area (Å²) in [6.45, 7) is 2.62. The smallest absolute Gasteiger partial charge is 0.343 e. The van der Waals surface area contributed by atoms with Gasteiger partial charge in [-0.25, -0.2) is 10.2 Å². The van der Waals surface area contributed by atoms with E-state index in [0.717, 1.165) is 21.7 Å². The third-order valence-corrected chi connectivity index (χ3v) is 5.71. The van der Waals surface area contributed by atoms with Gasteiger partial charge in [0, 0.05) is 10.0 Å². The van der Waals surface area contributed by atoms with Crippen LogP contribution >= 0.6 is 15.9 Å². The lowest BCUT2D eigenvalue weighted by Crippen LogP contribution is -2.18. The molecule has 0 saturated carbocycles. The van der Waals surface area contributed by atoms with Gasteiger partial charge in [0.15, 0.2) is 0 Å². The summed E-state index contributed by atoms with van der Waals surface area (Å²) in [7, 11) is 0. The number of esters is 1. The number of phenols is 1. The van der Waals surface area contributed by atoms with Gasteiger partial charge in [-0.1, -0.05) is 47.1 Å². The third-order valence-electron chi connectivity index (χ3n) is 5.22. The topological polar surface area (TPSA) is 97.2 Å². The number of hydrogen-bond donors (Lipinski definition) is 2. The van der Waals surface area contributed by atoms with E-state index in [4.69, 9.17) is 9.47 Å². The first-order valence-electron chi connectivity index (χ1n) is 11.2. The number of phenolic OH excluding ortho intramolecular Hbond substituents is 1. The van der Waals surface area contributed by atoms with Crippen molar-refractivity contribution in [3.8, 4) is 17.2 Å². The molecule has 0 atom stereocenters. The number of halogens is 1. The van der Waals surface area contributed by atoms with Crippen LogP contribution < -0.4 is 14.9 Å². The zero-order valence-corrected chi connectivity index (χ0v) is 21.0. The van der Waals surface area contributed by atoms with Gasteiger partial charge in [0.05, 0.1) is 23.9 Å². The first-order chi connectivity index (χ1) is 17.4. The van der Waals surface area contributed by atoms with E-state index in [9.17, 15) is 14.7 Å². The minimum Gasteiger partial charge on any atom is -0.507 e. The van der Waals surface area contributed by atoms with Gasteiger partial charge >= 0.3 is 5.97 Å². The standard InChI is InChI=1S/C28H23BrN2O5/c1-2-13-35-23-10-7-18(8-11-23)28(34)36-26-12-9-22(29)14-21(26)17-30-31-27(33)24-15-19-5-3-4-6-20(19)16-25(24)32/h3-12,14-17,32H,2,13H2,1H3,(H,31,33)/b30-17-. The van der Waals surface area contributed by atoms with Crippen LogP contribution in [0.25, 0.3) is 10.8 Å². The van der Waals surface area contributed by atoms with Crippen LogP contribution in [-0.4, -0.2) is 29.8 Å². The summed E-state index contributed by atoms with van der Waals surface area (Å²) in [6, 6.07) is 22.3. The van der Waals surface area contributed by atoms with E-state index in [1.165, 1.54) is 12.3 Å². The Morgan fingerprint density at radius 3 is 2.44 bits per heavy atom. The zero-order valence-electron chi connectivity index (χ0n) is 19.4. The molecule has 2 N–H and O–H groups in total. The molecule has 7 nitrogen and oxygen atoms in total. The fourth-order valence-corrected chi connectivity index (χ4v) is 3.79. The lowest BCUT2D eigenvalue weighted by Gasteiger charge is -2.09. The van der Waals surface area contributed by atoms with E-state index in [1.54, 1.807) is 48.5 Å². The maximum absolute atomic E-state index is 12.7. The number of hydrazone groups is 1. The Kier molecular flexibility index (Phi) is 7.97. The molecular weight excluding hydrogens is 524 g/mol. The number of hydrogen-bond acceptors (Lipinski definition) is 6. The van der Waals surface area contributed by atoms with Crippen molar-refractivity contribution in [3.05, 3.63) is 100 Å². The molecule has 8 heteroatoms. The number of rotatable bonds is 8. The summed E-state index contributed by atoms with van der Waals surface area (Å²) in [5.41, 5.74) is 3.33. The van der Waals surface area contributed by atoms with Gasteiger partial charge in [-0.3, -0.25) is 4.79 Å². The van der Waals surface area contributed by atoms with Gasteiger partial charge in [-0.05, 0) is 71.8 Å². The molecular formula is C28H23BrN2O5. The zero-order chi connectivity index (χ0) is 25.5. The summed E-state index contributed by atoms with van der Waals surface area (Å²) in [4.78, 5) is 25.3. The average Bonchev–Trinajstić information content (AvgIpc) is 2.88. The highest BCUT2D eigenvalue weighted by Crippen LogP contribution is 2.26. The van der Waals surface area contributed by atoms with Crippen LogP contribution in [0.15, 0.2) is 88.4 Å². The van der Waals surface area contributed by atoms with Gasteiger partial charge in [0.25, 0.3) is 5.91 Å². The van der Waals surface area contributed by atoms with E-state index in [2.05, 4.69) is 26.5 Å². The first kappa shape index (κ1) is 24.9. The second kappa shape index (κ2) is 11.5. The highest BCUT2D eigenvalue weighted by molar-refractivity contribution is 9.10. The molecule has 0 saturated heterocycles. The average molecular weight is 547 g/mol. The highest BCUT2D eigenvalue weighted by Gasteiger charge is 2.14. The number of benzene rings is 4. The molecule has 4 aromatic carbocycles. The Morgan fingerprint density at radius 2 is 1.72 bits per heavy atom. The van der Waals surface area contributed by atoms with E-state index in [1.807, 2.05) is 31.2 Å². The summed E-state index contributed by atoms with van der Waals surface area (Å²) in [5, 5.41) is 15.9. The number of fused-ring (bicyclic) bond motifs is 1. The number of ether oxygens (including phenoxy) is 2. The predicted molar refractivity (Wildman–Crippen MR) is 142 cm³/mol. The van der Waals surface area contributed by atoms with Crippen LogP contribution in [0, 0.1) is 0 Å². The molecule has 182 valence electrons. The molecule has 1 amide bonds. The highest BCUT2D eigenvalue weighted by atomic mass is 79.9. The van der Waals surface area contributed by atoms with Gasteiger partial charge in [-0.2, -0.15) is 5.10 Å². The molecule has 0 heterocycles. The van der Waals surface area contributed by atoms with Crippen LogP contribution in [0.2, 0.25) is 0 Å². The van der Waals surface area contributed by atoms with Crippen LogP contribution in [0.3, 0.4) is 0 Å². The van der Waals surface area contributed by atoms with E-state index < -0.39 is 11.9 Å². The molecule has 0 bridgehead atoms. The third kappa shape index (κ3) is 6.09. The molecule has 0 radical (unpaired) electrons. The molecule has 0 unspecified atom stereocenters. The summed E-state index contributed by atoms with van der Waals surface area (Å²) < 4.78 is 11.8. The molecule has 0 aliphatic heterocycles. The minimum absolute atomic E-state index is 0.0955. The van der Waals surface area contributed by atoms with Crippen molar-refractivity contribution >= 4 is 44.8 Å². The molecule has 4 aromatic rings. The number of aromatic hydroxyl groups is 1. The molecule has 0 aromatic heterocycles. The molecule has 0 fully saturated rings. The minimum atomic E-state index is -0.576. The SMILES string of the molecule is CCCOc1ccc(C(=O)Oc2ccc(Br)cc2/C=N\NC(=O)c2cc3ccccc3cc2O)cc1. The van der Waals surface area contributed by atoms with Crippen molar-refractivity contribution in [2.75, 3.05) is 6.61 Å². The fraction of sp³-hybridized carbons (Fsp3) is 0.107.